The van der Waals surface area contributed by atoms with Crippen LogP contribution in [-0.4, -0.2) is 67.2 Å². The first-order valence-electron chi connectivity index (χ1n) is 11.8. The molecule has 3 rings (SSSR count). The molecule has 0 bridgehead atoms. The molecule has 14 heteroatoms. The quantitative estimate of drug-likeness (QED) is 0.271. The minimum atomic E-state index is -4.02. The zero-order valence-electron chi connectivity index (χ0n) is 22.6. The molecule has 2 amide bonds. The highest BCUT2D eigenvalue weighted by Gasteiger charge is 2.50. The summed E-state index contributed by atoms with van der Waals surface area (Å²) in [5.74, 6) is -1.08. The van der Waals surface area contributed by atoms with E-state index in [2.05, 4.69) is 15.2 Å². The van der Waals surface area contributed by atoms with Crippen molar-refractivity contribution in [2.75, 3.05) is 25.4 Å². The van der Waals surface area contributed by atoms with E-state index in [-0.39, 0.29) is 29.1 Å². The lowest BCUT2D eigenvalue weighted by Gasteiger charge is -2.40. The number of thiazole rings is 1. The Morgan fingerprint density at radius 3 is 2.51 bits per heavy atom. The molecule has 0 radical (unpaired) electrons. The van der Waals surface area contributed by atoms with Gasteiger partial charge in [0.2, 0.25) is 10.0 Å². The van der Waals surface area contributed by atoms with Gasteiger partial charge in [-0.3, -0.25) is 23.9 Å². The van der Waals surface area contributed by atoms with E-state index in [1.165, 1.54) is 42.4 Å². The first kappa shape index (κ1) is 29.8. The fourth-order valence-electron chi connectivity index (χ4n) is 4.04. The second-order valence-corrected chi connectivity index (χ2v) is 12.4. The van der Waals surface area contributed by atoms with Gasteiger partial charge in [-0.2, -0.15) is 5.10 Å². The van der Waals surface area contributed by atoms with E-state index < -0.39 is 27.4 Å². The summed E-state index contributed by atoms with van der Waals surface area (Å²) in [4.78, 5) is 38.6. The van der Waals surface area contributed by atoms with Gasteiger partial charge in [-0.25, -0.2) is 13.4 Å². The average molecular weight is 577 g/mol. The molecule has 1 atom stereocenters. The number of hydrogen-bond acceptors (Lipinski definition) is 10. The Hall–Kier alpha value is -3.78. The zero-order valence-corrected chi connectivity index (χ0v) is 24.2. The number of ether oxygens (including phenoxy) is 1. The fourth-order valence-corrected chi connectivity index (χ4v) is 5.30. The molecule has 0 saturated heterocycles. The van der Waals surface area contributed by atoms with Crippen LogP contribution in [-0.2, 0) is 31.6 Å². The van der Waals surface area contributed by atoms with Crippen LogP contribution >= 0.6 is 11.3 Å². The Kier molecular flexibility index (Phi) is 9.12. The molecular weight excluding hydrogens is 544 g/mol. The highest BCUT2D eigenvalue weighted by atomic mass is 32.2. The smallest absolute Gasteiger partial charge is 0.262 e. The Bertz CT molecular complexity index is 1420. The number of sulfonamides is 1. The number of methoxy groups -OCH3 is 1. The maximum Gasteiger partial charge on any atom is 0.262 e. The minimum Gasteiger partial charge on any atom is -0.496 e. The van der Waals surface area contributed by atoms with Crippen molar-refractivity contribution in [2.45, 2.75) is 44.7 Å². The van der Waals surface area contributed by atoms with Crippen LogP contribution in [0, 0.1) is 0 Å². The second kappa shape index (κ2) is 11.9. The van der Waals surface area contributed by atoms with E-state index >= 15 is 0 Å². The molecule has 0 aliphatic heterocycles. The van der Waals surface area contributed by atoms with Crippen LogP contribution in [0.25, 0.3) is 0 Å². The lowest BCUT2D eigenvalue weighted by Crippen LogP contribution is -2.64. The van der Waals surface area contributed by atoms with Crippen molar-refractivity contribution in [3.8, 4) is 5.75 Å². The number of hydrogen-bond donors (Lipinski definition) is 1. The number of nitrogens with one attached hydrogen (secondary N) is 1. The highest BCUT2D eigenvalue weighted by molar-refractivity contribution is 7.89. The van der Waals surface area contributed by atoms with Crippen LogP contribution in [0.1, 0.15) is 43.1 Å². The van der Waals surface area contributed by atoms with E-state index in [1.807, 2.05) is 25.5 Å². The van der Waals surface area contributed by atoms with Gasteiger partial charge in [0.15, 0.2) is 10.7 Å². The van der Waals surface area contributed by atoms with Crippen molar-refractivity contribution < 1.29 is 27.6 Å². The van der Waals surface area contributed by atoms with E-state index in [0.717, 1.165) is 23.2 Å². The van der Waals surface area contributed by atoms with E-state index in [0.29, 0.717) is 5.75 Å². The van der Waals surface area contributed by atoms with Crippen molar-refractivity contribution in [3.05, 3.63) is 59.4 Å². The lowest BCUT2D eigenvalue weighted by molar-refractivity contribution is -0.124. The largest absolute Gasteiger partial charge is 0.496 e. The summed E-state index contributed by atoms with van der Waals surface area (Å²) >= 11 is 1.11. The van der Waals surface area contributed by atoms with E-state index in [9.17, 15) is 18.0 Å². The second-order valence-electron chi connectivity index (χ2n) is 9.73. The standard InChI is InChI=1S/C25H32N6O6S2/c1-24(2,3)19-9-8-18(16-20(19)36-4)21(32)31(23-26-13-15-38-23)25(10-12-28-37-5,17-30-14-7-11-27-30)22(33)29-39(6,34)35/h7-9,11-16H,10,17H2,1-6H3,(H,29,33)/b28-12+. The van der Waals surface area contributed by atoms with Crippen molar-refractivity contribution in [2.24, 2.45) is 5.16 Å². The Morgan fingerprint density at radius 1 is 1.23 bits per heavy atom. The first-order valence-corrected chi connectivity index (χ1v) is 14.6. The molecule has 39 heavy (non-hydrogen) atoms. The number of anilines is 1. The number of rotatable bonds is 11. The summed E-state index contributed by atoms with van der Waals surface area (Å²) in [6, 6.07) is 6.68. The molecule has 0 aliphatic carbocycles. The number of benzene rings is 1. The molecule has 0 aliphatic rings. The summed E-state index contributed by atoms with van der Waals surface area (Å²) in [6.07, 6.45) is 6.52. The third-order valence-electron chi connectivity index (χ3n) is 5.79. The van der Waals surface area contributed by atoms with Crippen LogP contribution in [0.5, 0.6) is 5.75 Å². The van der Waals surface area contributed by atoms with Gasteiger partial charge in [-0.05, 0) is 29.2 Å². The van der Waals surface area contributed by atoms with Crippen molar-refractivity contribution in [3.63, 3.8) is 0 Å². The number of amides is 2. The van der Waals surface area contributed by atoms with Crippen LogP contribution < -0.4 is 14.4 Å². The zero-order chi connectivity index (χ0) is 28.8. The molecule has 0 saturated carbocycles. The molecule has 2 aromatic heterocycles. The van der Waals surface area contributed by atoms with Gasteiger partial charge in [0.05, 0.1) is 19.9 Å². The number of carbonyl (C=O) groups is 2. The Labute approximate surface area is 231 Å². The van der Waals surface area contributed by atoms with Gasteiger partial charge >= 0.3 is 0 Å². The van der Waals surface area contributed by atoms with Gasteiger partial charge in [0.25, 0.3) is 11.8 Å². The SMILES string of the molecule is CO/N=C/CC(Cn1cccn1)(C(=O)NS(C)(=O)=O)N(C(=O)c1ccc(C(C)(C)C)c(OC)c1)c1nccs1. The molecule has 210 valence electrons. The van der Waals surface area contributed by atoms with Gasteiger partial charge in [-0.15, -0.1) is 11.3 Å². The van der Waals surface area contributed by atoms with Crippen molar-refractivity contribution in [1.82, 2.24) is 19.5 Å². The van der Waals surface area contributed by atoms with E-state index in [4.69, 9.17) is 9.57 Å². The molecule has 1 N–H and O–H groups in total. The van der Waals surface area contributed by atoms with Crippen LogP contribution in [0.3, 0.4) is 0 Å². The van der Waals surface area contributed by atoms with Gasteiger partial charge < -0.3 is 9.57 Å². The maximum atomic E-state index is 14.4. The fraction of sp³-hybridized carbons (Fsp3) is 0.400. The van der Waals surface area contributed by atoms with Gasteiger partial charge in [0, 0.05) is 42.2 Å². The number of oxime groups is 1. The molecule has 0 spiro atoms. The highest BCUT2D eigenvalue weighted by Crippen LogP contribution is 2.36. The minimum absolute atomic E-state index is 0.167. The predicted octanol–water partition coefficient (Wildman–Crippen LogP) is 2.83. The summed E-state index contributed by atoms with van der Waals surface area (Å²) in [6.45, 7) is 5.84. The third kappa shape index (κ3) is 7.00. The summed E-state index contributed by atoms with van der Waals surface area (Å²) in [5, 5.41) is 9.79. The van der Waals surface area contributed by atoms with Crippen LogP contribution in [0.2, 0.25) is 0 Å². The summed E-state index contributed by atoms with van der Waals surface area (Å²) in [7, 11) is -1.18. The van der Waals surface area contributed by atoms with Gasteiger partial charge in [0.1, 0.15) is 12.9 Å². The van der Waals surface area contributed by atoms with Gasteiger partial charge in [-0.1, -0.05) is 32.0 Å². The molecule has 3 aromatic rings. The monoisotopic (exact) mass is 576 g/mol. The van der Waals surface area contributed by atoms with Crippen LogP contribution in [0.4, 0.5) is 5.13 Å². The number of nitrogens with zero attached hydrogens (tertiary/aromatic N) is 5. The van der Waals surface area contributed by atoms with Crippen molar-refractivity contribution in [1.29, 1.82) is 0 Å². The molecule has 1 aromatic carbocycles. The van der Waals surface area contributed by atoms with Crippen molar-refractivity contribution >= 4 is 44.5 Å². The number of carbonyl (C=O) groups excluding carboxylic acids is 2. The predicted molar refractivity (Wildman–Crippen MR) is 149 cm³/mol. The molecular formula is C25H32N6O6S2. The molecule has 1 unspecified atom stereocenters. The maximum absolute atomic E-state index is 14.4. The first-order chi connectivity index (χ1) is 18.3. The Morgan fingerprint density at radius 2 is 1.97 bits per heavy atom. The van der Waals surface area contributed by atoms with E-state index in [1.54, 1.807) is 35.8 Å². The van der Waals surface area contributed by atoms with Crippen LogP contribution in [0.15, 0.2) is 53.4 Å². The average Bonchev–Trinajstić information content (AvgIpc) is 3.56. The molecule has 2 heterocycles. The molecule has 12 nitrogen and oxygen atoms in total. The summed E-state index contributed by atoms with van der Waals surface area (Å²) < 4.78 is 33.6. The summed E-state index contributed by atoms with van der Waals surface area (Å²) in [5.41, 5.74) is -1.07. The molecule has 0 fully saturated rings. The lowest BCUT2D eigenvalue weighted by atomic mass is 9.85. The Balaban J connectivity index is 2.29. The number of aromatic nitrogens is 3. The third-order valence-corrected chi connectivity index (χ3v) is 7.10. The topological polar surface area (TPSA) is 145 Å². The normalized spacial score (nSPS) is 13.6.